The Morgan fingerprint density at radius 1 is 1.10 bits per heavy atom. The molecular formula is C27H31N5O7S. The second-order valence-corrected chi connectivity index (χ2v) is 10.2. The largest absolute Gasteiger partial charge is 0.486 e. The Bertz CT molecular complexity index is 1390. The van der Waals surface area contributed by atoms with Gasteiger partial charge in [0.1, 0.15) is 24.0 Å². The Balaban J connectivity index is 1.36. The number of thiazole rings is 1. The van der Waals surface area contributed by atoms with Crippen molar-refractivity contribution >= 4 is 46.1 Å². The number of nitrogens with one attached hydrogen (secondary N) is 1. The summed E-state index contributed by atoms with van der Waals surface area (Å²) in [6.45, 7) is 4.98. The Kier molecular flexibility index (Phi) is 9.48. The first kappa shape index (κ1) is 28.7. The SMILES string of the molecule is CCOC(=O)N1CCN(C(=O)C(CCNC(=O)c2cc(OCc3csc(C)n3)c3ccccc3n2)C(=O)O)CC1. The molecule has 1 saturated heterocycles. The van der Waals surface area contributed by atoms with Crippen LogP contribution in [0.3, 0.4) is 0 Å². The van der Waals surface area contributed by atoms with Crippen molar-refractivity contribution in [3.8, 4) is 5.75 Å². The molecule has 2 N–H and O–H groups in total. The Morgan fingerprint density at radius 3 is 2.50 bits per heavy atom. The first-order valence-corrected chi connectivity index (χ1v) is 13.8. The first-order valence-electron chi connectivity index (χ1n) is 12.9. The van der Waals surface area contributed by atoms with Gasteiger partial charge in [-0.1, -0.05) is 12.1 Å². The number of aryl methyl sites for hydroxylation is 1. The number of amides is 3. The van der Waals surface area contributed by atoms with E-state index >= 15 is 0 Å². The van der Waals surface area contributed by atoms with Gasteiger partial charge in [0, 0.05) is 49.6 Å². The average Bonchev–Trinajstić information content (AvgIpc) is 3.38. The third-order valence-electron chi connectivity index (χ3n) is 6.39. The van der Waals surface area contributed by atoms with Crippen LogP contribution in [0.15, 0.2) is 35.7 Å². The van der Waals surface area contributed by atoms with Gasteiger partial charge >= 0.3 is 12.1 Å². The molecule has 0 saturated carbocycles. The molecule has 1 aliphatic heterocycles. The predicted octanol–water partition coefficient (Wildman–Crippen LogP) is 2.70. The number of carboxylic acid groups (broad SMARTS) is 1. The molecule has 1 fully saturated rings. The number of hydrogen-bond acceptors (Lipinski definition) is 9. The minimum atomic E-state index is -1.33. The molecule has 0 radical (unpaired) electrons. The van der Waals surface area contributed by atoms with Gasteiger partial charge in [-0.2, -0.15) is 0 Å². The number of hydrogen-bond donors (Lipinski definition) is 2. The lowest BCUT2D eigenvalue weighted by atomic mass is 10.0. The van der Waals surface area contributed by atoms with Crippen LogP contribution in [0.2, 0.25) is 0 Å². The van der Waals surface area contributed by atoms with Crippen molar-refractivity contribution in [3.05, 3.63) is 52.1 Å². The maximum absolute atomic E-state index is 13.0. The van der Waals surface area contributed by atoms with Crippen LogP contribution in [0, 0.1) is 12.8 Å². The van der Waals surface area contributed by atoms with Gasteiger partial charge in [0.25, 0.3) is 5.91 Å². The molecule has 0 aliphatic carbocycles. The van der Waals surface area contributed by atoms with Crippen LogP contribution in [0.4, 0.5) is 4.79 Å². The molecule has 13 heteroatoms. The third kappa shape index (κ3) is 7.03. The summed E-state index contributed by atoms with van der Waals surface area (Å²) in [5.41, 5.74) is 1.46. The van der Waals surface area contributed by atoms with Gasteiger partial charge < -0.3 is 29.7 Å². The molecule has 12 nitrogen and oxygen atoms in total. The van der Waals surface area contributed by atoms with Crippen molar-refractivity contribution in [2.75, 3.05) is 39.3 Å². The van der Waals surface area contributed by atoms with E-state index < -0.39 is 29.8 Å². The van der Waals surface area contributed by atoms with Crippen LogP contribution in [-0.2, 0) is 20.9 Å². The van der Waals surface area contributed by atoms with E-state index in [1.54, 1.807) is 25.1 Å². The summed E-state index contributed by atoms with van der Waals surface area (Å²) in [6.07, 6.45) is -0.556. The van der Waals surface area contributed by atoms with Crippen LogP contribution >= 0.6 is 11.3 Å². The number of nitrogens with zero attached hydrogens (tertiary/aromatic N) is 4. The number of rotatable bonds is 10. The molecule has 4 rings (SSSR count). The topological polar surface area (TPSA) is 151 Å². The van der Waals surface area contributed by atoms with Crippen molar-refractivity contribution in [1.82, 2.24) is 25.1 Å². The van der Waals surface area contributed by atoms with Gasteiger partial charge in [-0.25, -0.2) is 14.8 Å². The monoisotopic (exact) mass is 569 g/mol. The molecular weight excluding hydrogens is 538 g/mol. The third-order valence-corrected chi connectivity index (χ3v) is 7.21. The quantitative estimate of drug-likeness (QED) is 0.351. The second-order valence-electron chi connectivity index (χ2n) is 9.12. The summed E-state index contributed by atoms with van der Waals surface area (Å²) in [4.78, 5) is 61.4. The number of carbonyl (C=O) groups is 4. The number of para-hydroxylation sites is 1. The van der Waals surface area contributed by atoms with Crippen molar-refractivity contribution in [3.63, 3.8) is 0 Å². The minimum Gasteiger partial charge on any atom is -0.486 e. The van der Waals surface area contributed by atoms with Crippen molar-refractivity contribution < 1.29 is 33.8 Å². The van der Waals surface area contributed by atoms with Gasteiger partial charge in [-0.05, 0) is 32.4 Å². The fraction of sp³-hybridized carbons (Fsp3) is 0.407. The van der Waals surface area contributed by atoms with E-state index in [4.69, 9.17) is 9.47 Å². The van der Waals surface area contributed by atoms with Gasteiger partial charge in [0.2, 0.25) is 5.91 Å². The van der Waals surface area contributed by atoms with Crippen molar-refractivity contribution in [2.24, 2.45) is 5.92 Å². The maximum Gasteiger partial charge on any atom is 0.409 e. The molecule has 40 heavy (non-hydrogen) atoms. The number of ether oxygens (including phenoxy) is 2. The Morgan fingerprint density at radius 2 is 1.82 bits per heavy atom. The molecule has 212 valence electrons. The number of carboxylic acids is 1. The first-order chi connectivity index (χ1) is 19.3. The number of pyridine rings is 1. The van der Waals surface area contributed by atoms with E-state index in [0.29, 0.717) is 11.3 Å². The van der Waals surface area contributed by atoms with E-state index in [2.05, 4.69) is 15.3 Å². The fourth-order valence-corrected chi connectivity index (χ4v) is 4.92. The Labute approximate surface area is 234 Å². The van der Waals surface area contributed by atoms with Gasteiger partial charge in [-0.3, -0.25) is 14.4 Å². The predicted molar refractivity (Wildman–Crippen MR) is 146 cm³/mol. The van der Waals surface area contributed by atoms with E-state index in [1.807, 2.05) is 24.4 Å². The van der Waals surface area contributed by atoms with Gasteiger partial charge in [-0.15, -0.1) is 11.3 Å². The van der Waals surface area contributed by atoms with Crippen LogP contribution in [0.1, 0.15) is 34.5 Å². The number of piperazine rings is 1. The van der Waals surface area contributed by atoms with Crippen LogP contribution in [-0.4, -0.2) is 88.1 Å². The van der Waals surface area contributed by atoms with Crippen molar-refractivity contribution in [1.29, 1.82) is 0 Å². The highest BCUT2D eigenvalue weighted by molar-refractivity contribution is 7.09. The zero-order valence-corrected chi connectivity index (χ0v) is 23.1. The highest BCUT2D eigenvalue weighted by Gasteiger charge is 2.33. The summed E-state index contributed by atoms with van der Waals surface area (Å²) in [7, 11) is 0. The number of benzene rings is 1. The highest BCUT2D eigenvalue weighted by atomic mass is 32.1. The lowest BCUT2D eigenvalue weighted by molar-refractivity contribution is -0.152. The lowest BCUT2D eigenvalue weighted by Crippen LogP contribution is -2.53. The highest BCUT2D eigenvalue weighted by Crippen LogP contribution is 2.26. The minimum absolute atomic E-state index is 0.0485. The van der Waals surface area contributed by atoms with Gasteiger partial charge in [0.15, 0.2) is 0 Å². The smallest absolute Gasteiger partial charge is 0.409 e. The van der Waals surface area contributed by atoms with E-state index in [0.717, 1.165) is 16.1 Å². The number of aromatic nitrogens is 2. The summed E-state index contributed by atoms with van der Waals surface area (Å²) in [6, 6.07) is 8.82. The summed E-state index contributed by atoms with van der Waals surface area (Å²) in [5, 5.41) is 16.0. The van der Waals surface area contributed by atoms with E-state index in [9.17, 15) is 24.3 Å². The maximum atomic E-state index is 13.0. The summed E-state index contributed by atoms with van der Waals surface area (Å²) < 4.78 is 11.0. The van der Waals surface area contributed by atoms with E-state index in [-0.39, 0.29) is 58.1 Å². The van der Waals surface area contributed by atoms with Crippen molar-refractivity contribution in [2.45, 2.75) is 26.9 Å². The molecule has 2 aromatic heterocycles. The van der Waals surface area contributed by atoms with E-state index in [1.165, 1.54) is 21.1 Å². The molecule has 1 unspecified atom stereocenters. The number of aliphatic carboxylic acids is 1. The summed E-state index contributed by atoms with van der Waals surface area (Å²) in [5.74, 6) is -3.20. The Hall–Kier alpha value is -4.26. The molecule has 3 aromatic rings. The fourth-order valence-electron chi connectivity index (χ4n) is 4.32. The van der Waals surface area contributed by atoms with Crippen LogP contribution in [0.25, 0.3) is 10.9 Å². The molecule has 1 aliphatic rings. The standard InChI is InChI=1S/C27H31N5O7S/c1-3-38-27(37)32-12-10-31(11-13-32)25(34)20(26(35)36)8-9-28-24(33)22-14-23(19-6-4-5-7-21(19)30-22)39-15-18-16-40-17(2)29-18/h4-7,14,16,20H,3,8-13,15H2,1-2H3,(H,28,33)(H,35,36). The zero-order chi connectivity index (χ0) is 28.6. The number of carbonyl (C=O) groups excluding carboxylic acids is 3. The summed E-state index contributed by atoms with van der Waals surface area (Å²) >= 11 is 1.52. The average molecular weight is 570 g/mol. The molecule has 1 aromatic carbocycles. The molecule has 0 bridgehead atoms. The zero-order valence-electron chi connectivity index (χ0n) is 22.3. The normalized spacial score (nSPS) is 14.1. The van der Waals surface area contributed by atoms with Crippen LogP contribution in [0.5, 0.6) is 5.75 Å². The molecule has 1 atom stereocenters. The number of fused-ring (bicyclic) bond motifs is 1. The van der Waals surface area contributed by atoms with Gasteiger partial charge in [0.05, 0.1) is 22.8 Å². The lowest BCUT2D eigenvalue weighted by Gasteiger charge is -2.35. The molecule has 3 amide bonds. The molecule has 0 spiro atoms. The second kappa shape index (κ2) is 13.2. The molecule has 3 heterocycles. The van der Waals surface area contributed by atoms with Crippen LogP contribution < -0.4 is 10.1 Å².